The van der Waals surface area contributed by atoms with Crippen LogP contribution in [0.5, 0.6) is 0 Å². The highest BCUT2D eigenvalue weighted by Crippen LogP contribution is 2.24. The van der Waals surface area contributed by atoms with Crippen molar-refractivity contribution in [3.8, 4) is 11.1 Å². The Morgan fingerprint density at radius 3 is 2.36 bits per heavy atom. The standard InChI is InChI=1S/C24H21BrN4O4/c25-17-3-1-4-19(13-17)28-24(33)27-18-9-6-15(7-10-18)16-8-11-20(26-14-16)22(30)29-12-2-5-21(29)23(31)32/h1,3-4,6-11,13-14,21H,2,5,12H2,(H,31,32)(H2,27,28,33)/t21-/m0/s1. The van der Waals surface area contributed by atoms with E-state index in [1.807, 2.05) is 24.3 Å². The van der Waals surface area contributed by atoms with Crippen molar-refractivity contribution >= 4 is 45.2 Å². The number of hydrogen-bond donors (Lipinski definition) is 3. The van der Waals surface area contributed by atoms with E-state index in [4.69, 9.17) is 0 Å². The first-order chi connectivity index (χ1) is 15.9. The molecule has 0 bridgehead atoms. The Labute approximate surface area is 198 Å². The number of anilines is 2. The zero-order chi connectivity index (χ0) is 23.4. The van der Waals surface area contributed by atoms with Gasteiger partial charge in [0.25, 0.3) is 5.91 Å². The van der Waals surface area contributed by atoms with Gasteiger partial charge in [-0.15, -0.1) is 0 Å². The van der Waals surface area contributed by atoms with Crippen molar-refractivity contribution in [2.45, 2.75) is 18.9 Å². The number of amides is 3. The molecule has 1 aliphatic heterocycles. The molecular weight excluding hydrogens is 488 g/mol. The lowest BCUT2D eigenvalue weighted by Gasteiger charge is -2.20. The predicted molar refractivity (Wildman–Crippen MR) is 128 cm³/mol. The van der Waals surface area contributed by atoms with Crippen LogP contribution in [0.15, 0.2) is 71.3 Å². The maximum Gasteiger partial charge on any atom is 0.326 e. The van der Waals surface area contributed by atoms with Gasteiger partial charge in [0, 0.05) is 34.2 Å². The Kier molecular flexibility index (Phi) is 6.69. The van der Waals surface area contributed by atoms with Crippen LogP contribution in [0.25, 0.3) is 11.1 Å². The predicted octanol–water partition coefficient (Wildman–Crippen LogP) is 4.84. The number of nitrogens with zero attached hydrogens (tertiary/aromatic N) is 2. The Balaban J connectivity index is 1.39. The zero-order valence-electron chi connectivity index (χ0n) is 17.5. The number of carbonyl (C=O) groups excluding carboxylic acids is 2. The molecule has 1 atom stereocenters. The van der Waals surface area contributed by atoms with E-state index in [-0.39, 0.29) is 17.6 Å². The third-order valence-corrected chi connectivity index (χ3v) is 5.83. The molecule has 3 aromatic rings. The molecule has 0 unspecified atom stereocenters. The smallest absolute Gasteiger partial charge is 0.326 e. The molecule has 2 aromatic carbocycles. The number of aromatic nitrogens is 1. The summed E-state index contributed by atoms with van der Waals surface area (Å²) in [7, 11) is 0. The minimum Gasteiger partial charge on any atom is -0.480 e. The first-order valence-corrected chi connectivity index (χ1v) is 11.1. The average molecular weight is 509 g/mol. The number of carboxylic acids is 1. The number of carboxylic acid groups (broad SMARTS) is 1. The van der Waals surface area contributed by atoms with E-state index in [0.717, 1.165) is 15.6 Å². The number of rotatable bonds is 5. The molecular formula is C24H21BrN4O4. The highest BCUT2D eigenvalue weighted by molar-refractivity contribution is 9.10. The topological polar surface area (TPSA) is 112 Å². The van der Waals surface area contributed by atoms with E-state index < -0.39 is 12.0 Å². The van der Waals surface area contributed by atoms with Crippen molar-refractivity contribution in [1.29, 1.82) is 0 Å². The summed E-state index contributed by atoms with van der Waals surface area (Å²) in [6, 6.07) is 16.8. The number of carbonyl (C=O) groups is 3. The lowest BCUT2D eigenvalue weighted by molar-refractivity contribution is -0.141. The number of pyridine rings is 1. The van der Waals surface area contributed by atoms with E-state index >= 15 is 0 Å². The molecule has 3 amide bonds. The largest absolute Gasteiger partial charge is 0.480 e. The van der Waals surface area contributed by atoms with E-state index in [1.54, 1.807) is 42.6 Å². The summed E-state index contributed by atoms with van der Waals surface area (Å²) in [5.41, 5.74) is 3.17. The minimum absolute atomic E-state index is 0.217. The molecule has 0 spiro atoms. The van der Waals surface area contributed by atoms with E-state index in [0.29, 0.717) is 30.8 Å². The minimum atomic E-state index is -0.989. The molecule has 1 fully saturated rings. The lowest BCUT2D eigenvalue weighted by atomic mass is 10.1. The van der Waals surface area contributed by atoms with Crippen LogP contribution in [0.3, 0.4) is 0 Å². The third-order valence-electron chi connectivity index (χ3n) is 5.34. The second-order valence-corrected chi connectivity index (χ2v) is 8.51. The second kappa shape index (κ2) is 9.83. The monoisotopic (exact) mass is 508 g/mol. The molecule has 0 radical (unpaired) electrons. The van der Waals surface area contributed by atoms with Gasteiger partial charge in [0.2, 0.25) is 0 Å². The molecule has 0 aliphatic carbocycles. The van der Waals surface area contributed by atoms with Crippen LogP contribution < -0.4 is 10.6 Å². The molecule has 33 heavy (non-hydrogen) atoms. The van der Waals surface area contributed by atoms with Crippen molar-refractivity contribution in [3.05, 3.63) is 77.0 Å². The summed E-state index contributed by atoms with van der Waals surface area (Å²) in [4.78, 5) is 41.8. The molecule has 4 rings (SSSR count). The summed E-state index contributed by atoms with van der Waals surface area (Å²) in [6.07, 6.45) is 2.71. The Hall–Kier alpha value is -3.72. The van der Waals surface area contributed by atoms with Crippen molar-refractivity contribution < 1.29 is 19.5 Å². The summed E-state index contributed by atoms with van der Waals surface area (Å²) in [5, 5.41) is 14.8. The molecule has 2 heterocycles. The number of benzene rings is 2. The van der Waals surface area contributed by atoms with Crippen molar-refractivity contribution in [2.24, 2.45) is 0 Å². The van der Waals surface area contributed by atoms with Crippen LogP contribution in [0.2, 0.25) is 0 Å². The number of aliphatic carboxylic acids is 1. The fraction of sp³-hybridized carbons (Fsp3) is 0.167. The number of urea groups is 1. The van der Waals surface area contributed by atoms with Gasteiger partial charge in [-0.3, -0.25) is 9.78 Å². The highest BCUT2D eigenvalue weighted by atomic mass is 79.9. The third kappa shape index (κ3) is 5.38. The van der Waals surface area contributed by atoms with Gasteiger partial charge in [-0.1, -0.05) is 40.2 Å². The highest BCUT2D eigenvalue weighted by Gasteiger charge is 2.34. The van der Waals surface area contributed by atoms with Crippen molar-refractivity contribution in [1.82, 2.24) is 9.88 Å². The zero-order valence-corrected chi connectivity index (χ0v) is 19.1. The van der Waals surface area contributed by atoms with Crippen LogP contribution in [0.4, 0.5) is 16.2 Å². The first kappa shape index (κ1) is 22.5. The van der Waals surface area contributed by atoms with Crippen LogP contribution in [-0.2, 0) is 4.79 Å². The first-order valence-electron chi connectivity index (χ1n) is 10.3. The van der Waals surface area contributed by atoms with Gasteiger partial charge in [0.1, 0.15) is 11.7 Å². The van der Waals surface area contributed by atoms with Gasteiger partial charge in [-0.25, -0.2) is 9.59 Å². The van der Waals surface area contributed by atoms with Gasteiger partial charge in [0.05, 0.1) is 0 Å². The van der Waals surface area contributed by atoms with Gasteiger partial charge in [-0.2, -0.15) is 0 Å². The maximum atomic E-state index is 12.7. The fourth-order valence-electron chi connectivity index (χ4n) is 3.71. The molecule has 8 nitrogen and oxygen atoms in total. The second-order valence-electron chi connectivity index (χ2n) is 7.59. The molecule has 3 N–H and O–H groups in total. The summed E-state index contributed by atoms with van der Waals surface area (Å²) in [5.74, 6) is -1.36. The molecule has 1 aromatic heterocycles. The number of hydrogen-bond acceptors (Lipinski definition) is 4. The summed E-state index contributed by atoms with van der Waals surface area (Å²) >= 11 is 3.37. The normalized spacial score (nSPS) is 15.2. The molecule has 1 aliphatic rings. The van der Waals surface area contributed by atoms with Crippen molar-refractivity contribution in [2.75, 3.05) is 17.2 Å². The van der Waals surface area contributed by atoms with Gasteiger partial charge in [0.15, 0.2) is 0 Å². The Bertz CT molecular complexity index is 1180. The van der Waals surface area contributed by atoms with Crippen LogP contribution in [-0.4, -0.2) is 45.5 Å². The molecule has 9 heteroatoms. The Morgan fingerprint density at radius 2 is 1.70 bits per heavy atom. The molecule has 1 saturated heterocycles. The van der Waals surface area contributed by atoms with E-state index in [2.05, 4.69) is 31.5 Å². The van der Waals surface area contributed by atoms with Crippen LogP contribution >= 0.6 is 15.9 Å². The van der Waals surface area contributed by atoms with Gasteiger partial charge >= 0.3 is 12.0 Å². The quantitative estimate of drug-likeness (QED) is 0.456. The Morgan fingerprint density at radius 1 is 0.970 bits per heavy atom. The SMILES string of the molecule is O=C(Nc1ccc(-c2ccc(C(=O)N3CCC[C@H]3C(=O)O)nc2)cc1)Nc1cccc(Br)c1. The summed E-state index contributed by atoms with van der Waals surface area (Å²) < 4.78 is 0.869. The summed E-state index contributed by atoms with van der Waals surface area (Å²) in [6.45, 7) is 0.419. The maximum absolute atomic E-state index is 12.7. The number of likely N-dealkylation sites (tertiary alicyclic amines) is 1. The van der Waals surface area contributed by atoms with Gasteiger partial charge in [-0.05, 0) is 54.8 Å². The molecule has 168 valence electrons. The van der Waals surface area contributed by atoms with Crippen LogP contribution in [0.1, 0.15) is 23.3 Å². The van der Waals surface area contributed by atoms with Gasteiger partial charge < -0.3 is 20.6 Å². The number of halogens is 1. The molecule has 0 saturated carbocycles. The lowest BCUT2D eigenvalue weighted by Crippen LogP contribution is -2.40. The fourth-order valence-corrected chi connectivity index (χ4v) is 4.11. The van der Waals surface area contributed by atoms with Crippen LogP contribution in [0, 0.1) is 0 Å². The number of nitrogens with one attached hydrogen (secondary N) is 2. The van der Waals surface area contributed by atoms with E-state index in [9.17, 15) is 19.5 Å². The average Bonchev–Trinajstić information content (AvgIpc) is 3.30. The van der Waals surface area contributed by atoms with E-state index in [1.165, 1.54) is 4.90 Å². The van der Waals surface area contributed by atoms with Crippen molar-refractivity contribution in [3.63, 3.8) is 0 Å².